The third-order valence-electron chi connectivity index (χ3n) is 5.38. The zero-order chi connectivity index (χ0) is 23.1. The first-order valence-electron chi connectivity index (χ1n) is 11.7. The van der Waals surface area contributed by atoms with Gasteiger partial charge in [0.25, 0.3) is 5.91 Å². The summed E-state index contributed by atoms with van der Waals surface area (Å²) >= 11 is 0. The normalized spacial score (nSPS) is 13.7. The number of benzene rings is 1. The van der Waals surface area contributed by atoms with Crippen molar-refractivity contribution in [1.82, 2.24) is 15.1 Å². The zero-order valence-corrected chi connectivity index (χ0v) is 19.8. The highest BCUT2D eigenvalue weighted by Gasteiger charge is 2.24. The fourth-order valence-corrected chi connectivity index (χ4v) is 3.76. The number of furan rings is 1. The van der Waals surface area contributed by atoms with Crippen LogP contribution >= 0.6 is 0 Å². The predicted molar refractivity (Wildman–Crippen MR) is 126 cm³/mol. The van der Waals surface area contributed by atoms with Gasteiger partial charge in [-0.15, -0.1) is 0 Å². The van der Waals surface area contributed by atoms with Gasteiger partial charge in [-0.2, -0.15) is 0 Å². The first-order chi connectivity index (χ1) is 15.3. The minimum Gasteiger partial charge on any atom is -0.468 e. The van der Waals surface area contributed by atoms with Gasteiger partial charge in [0.15, 0.2) is 0 Å². The molecule has 0 aliphatic heterocycles. The molecule has 6 heteroatoms. The van der Waals surface area contributed by atoms with Crippen LogP contribution in [0.3, 0.4) is 0 Å². The van der Waals surface area contributed by atoms with Gasteiger partial charge >= 0.3 is 0 Å². The third kappa shape index (κ3) is 7.83. The van der Waals surface area contributed by atoms with Crippen LogP contribution in [0, 0.1) is 11.8 Å². The number of nitrogens with one attached hydrogen (secondary N) is 1. The topological polar surface area (TPSA) is 65.8 Å². The van der Waals surface area contributed by atoms with E-state index < -0.39 is 0 Å². The summed E-state index contributed by atoms with van der Waals surface area (Å²) < 4.78 is 5.55. The summed E-state index contributed by atoms with van der Waals surface area (Å²) in [5.41, 5.74) is 1.74. The van der Waals surface area contributed by atoms with Crippen LogP contribution in [0.5, 0.6) is 0 Å². The summed E-state index contributed by atoms with van der Waals surface area (Å²) in [4.78, 5) is 29.5. The molecule has 2 aromatic rings. The lowest BCUT2D eigenvalue weighted by Gasteiger charge is -2.29. The highest BCUT2D eigenvalue weighted by Crippen LogP contribution is 2.19. The van der Waals surface area contributed by atoms with E-state index in [2.05, 4.69) is 37.9 Å². The molecule has 0 bridgehead atoms. The molecule has 0 unspecified atom stereocenters. The maximum absolute atomic E-state index is 13.2. The minimum atomic E-state index is -0.0142. The van der Waals surface area contributed by atoms with Gasteiger partial charge in [0.1, 0.15) is 5.76 Å². The van der Waals surface area contributed by atoms with Crippen molar-refractivity contribution in [3.8, 4) is 0 Å². The first-order valence-corrected chi connectivity index (χ1v) is 11.7. The number of hydrogen-bond donors (Lipinski definition) is 1. The van der Waals surface area contributed by atoms with Gasteiger partial charge in [-0.25, -0.2) is 0 Å². The molecule has 1 aromatic carbocycles. The van der Waals surface area contributed by atoms with Gasteiger partial charge in [-0.05, 0) is 54.5 Å². The highest BCUT2D eigenvalue weighted by atomic mass is 16.3. The Bertz CT molecular complexity index is 845. The third-order valence-corrected chi connectivity index (χ3v) is 5.38. The van der Waals surface area contributed by atoms with E-state index in [4.69, 9.17) is 4.42 Å². The lowest BCUT2D eigenvalue weighted by molar-refractivity contribution is -0.133. The first kappa shape index (κ1) is 24.1. The Morgan fingerprint density at radius 2 is 1.66 bits per heavy atom. The van der Waals surface area contributed by atoms with E-state index in [9.17, 15) is 9.59 Å². The highest BCUT2D eigenvalue weighted by molar-refractivity contribution is 5.94. The lowest BCUT2D eigenvalue weighted by atomic mass is 10.1. The van der Waals surface area contributed by atoms with Crippen LogP contribution in [0.25, 0.3) is 0 Å². The number of carbonyl (C=O) groups excluding carboxylic acids is 2. The second-order valence-electron chi connectivity index (χ2n) is 9.76. The molecule has 0 saturated heterocycles. The van der Waals surface area contributed by atoms with Gasteiger partial charge in [-0.1, -0.05) is 39.8 Å². The molecule has 174 valence electrons. The van der Waals surface area contributed by atoms with E-state index >= 15 is 0 Å². The molecule has 1 aromatic heterocycles. The van der Waals surface area contributed by atoms with Crippen LogP contribution in [-0.2, 0) is 17.9 Å². The largest absolute Gasteiger partial charge is 0.468 e. The fraction of sp³-hybridized carbons (Fsp3) is 0.538. The molecule has 0 radical (unpaired) electrons. The summed E-state index contributed by atoms with van der Waals surface area (Å²) in [5.74, 6) is 1.80. The summed E-state index contributed by atoms with van der Waals surface area (Å²) in [6.07, 6.45) is 3.81. The predicted octanol–water partition coefficient (Wildman–Crippen LogP) is 4.31. The Labute approximate surface area is 192 Å². The van der Waals surface area contributed by atoms with Crippen molar-refractivity contribution >= 4 is 11.8 Å². The number of hydrogen-bond acceptors (Lipinski definition) is 4. The maximum Gasteiger partial charge on any atom is 0.251 e. The van der Waals surface area contributed by atoms with Gasteiger partial charge in [0, 0.05) is 31.2 Å². The fourth-order valence-electron chi connectivity index (χ4n) is 3.76. The molecule has 0 atom stereocenters. The van der Waals surface area contributed by atoms with Gasteiger partial charge in [0.05, 0.1) is 19.4 Å². The van der Waals surface area contributed by atoms with Gasteiger partial charge in [-0.3, -0.25) is 14.5 Å². The lowest BCUT2D eigenvalue weighted by Crippen LogP contribution is -2.43. The van der Waals surface area contributed by atoms with E-state index in [0.717, 1.165) is 37.3 Å². The van der Waals surface area contributed by atoms with Crippen LogP contribution < -0.4 is 5.32 Å². The molecule has 1 saturated carbocycles. The molecular weight excluding hydrogens is 402 g/mol. The van der Waals surface area contributed by atoms with Crippen LogP contribution in [0.4, 0.5) is 0 Å². The van der Waals surface area contributed by atoms with Crippen LogP contribution in [0.2, 0.25) is 0 Å². The van der Waals surface area contributed by atoms with Crippen molar-refractivity contribution in [1.29, 1.82) is 0 Å². The van der Waals surface area contributed by atoms with Crippen LogP contribution in [0.15, 0.2) is 47.1 Å². The Morgan fingerprint density at radius 3 is 2.19 bits per heavy atom. The van der Waals surface area contributed by atoms with Crippen molar-refractivity contribution in [3.63, 3.8) is 0 Å². The zero-order valence-electron chi connectivity index (χ0n) is 19.8. The molecule has 1 aliphatic rings. The quantitative estimate of drug-likeness (QED) is 0.535. The maximum atomic E-state index is 13.2. The van der Waals surface area contributed by atoms with Crippen LogP contribution in [-0.4, -0.2) is 47.3 Å². The molecule has 1 aliphatic carbocycles. The summed E-state index contributed by atoms with van der Waals surface area (Å²) in [6.45, 7) is 11.6. The molecule has 1 N–H and O–H groups in total. The SMILES string of the molecule is CC(C)CN(CC(C)C)C(=O)CN(Cc1ccc(C(=O)NC2CC2)cc1)Cc1ccco1. The Morgan fingerprint density at radius 1 is 1.00 bits per heavy atom. The summed E-state index contributed by atoms with van der Waals surface area (Å²) in [7, 11) is 0. The average molecular weight is 440 g/mol. The molecule has 2 amide bonds. The molecule has 1 fully saturated rings. The molecule has 32 heavy (non-hydrogen) atoms. The van der Waals surface area contributed by atoms with Crippen molar-refractivity contribution in [2.24, 2.45) is 11.8 Å². The van der Waals surface area contributed by atoms with Crippen molar-refractivity contribution in [2.75, 3.05) is 19.6 Å². The Balaban J connectivity index is 1.67. The molecular formula is C26H37N3O3. The van der Waals surface area contributed by atoms with Crippen molar-refractivity contribution in [3.05, 3.63) is 59.5 Å². The average Bonchev–Trinajstić information content (AvgIpc) is 3.39. The van der Waals surface area contributed by atoms with E-state index in [0.29, 0.717) is 43.1 Å². The van der Waals surface area contributed by atoms with Gasteiger partial charge < -0.3 is 14.6 Å². The monoisotopic (exact) mass is 439 g/mol. The molecule has 3 rings (SSSR count). The second kappa shape index (κ2) is 11.3. The smallest absolute Gasteiger partial charge is 0.251 e. The Hall–Kier alpha value is -2.60. The van der Waals surface area contributed by atoms with Crippen molar-refractivity contribution in [2.45, 2.75) is 59.7 Å². The van der Waals surface area contributed by atoms with E-state index in [1.165, 1.54) is 0 Å². The number of nitrogens with zero attached hydrogens (tertiary/aromatic N) is 2. The van der Waals surface area contributed by atoms with E-state index in [1.807, 2.05) is 41.3 Å². The van der Waals surface area contributed by atoms with Crippen LogP contribution in [0.1, 0.15) is 62.2 Å². The molecule has 6 nitrogen and oxygen atoms in total. The summed E-state index contributed by atoms with van der Waals surface area (Å²) in [6, 6.07) is 11.8. The van der Waals surface area contributed by atoms with E-state index in [-0.39, 0.29) is 11.8 Å². The van der Waals surface area contributed by atoms with Crippen molar-refractivity contribution < 1.29 is 14.0 Å². The standard InChI is InChI=1S/C26H37N3O3/c1-19(2)14-29(15-20(3)4)25(30)18-28(17-24-6-5-13-32-24)16-21-7-9-22(10-8-21)26(31)27-23-11-12-23/h5-10,13,19-20,23H,11-12,14-18H2,1-4H3,(H,27,31). The Kier molecular flexibility index (Phi) is 8.51. The number of rotatable bonds is 12. The molecule has 1 heterocycles. The summed E-state index contributed by atoms with van der Waals surface area (Å²) in [5, 5.41) is 3.02. The van der Waals surface area contributed by atoms with E-state index in [1.54, 1.807) is 6.26 Å². The minimum absolute atomic E-state index is 0.0142. The van der Waals surface area contributed by atoms with Gasteiger partial charge in [0.2, 0.25) is 5.91 Å². The number of amides is 2. The number of carbonyl (C=O) groups is 2. The second-order valence-corrected chi connectivity index (χ2v) is 9.76. The molecule has 0 spiro atoms.